The summed E-state index contributed by atoms with van der Waals surface area (Å²) in [5, 5.41) is 5.23. The zero-order chi connectivity index (χ0) is 14.7. The Morgan fingerprint density at radius 1 is 1.24 bits per heavy atom. The van der Waals surface area contributed by atoms with Crippen LogP contribution in [0.4, 0.5) is 0 Å². The van der Waals surface area contributed by atoms with Gasteiger partial charge in [0.1, 0.15) is 4.88 Å². The molecular formula is C15H10ClN3OS. The molecule has 4 nitrogen and oxygen atoms in total. The monoisotopic (exact) mass is 315 g/mol. The molecule has 1 N–H and O–H groups in total. The second-order valence-corrected chi connectivity index (χ2v) is 5.63. The number of thiophene rings is 1. The van der Waals surface area contributed by atoms with Gasteiger partial charge in [-0.15, -0.1) is 11.3 Å². The summed E-state index contributed by atoms with van der Waals surface area (Å²) in [6.07, 6.45) is 3.14. The molecule has 1 amide bonds. The number of rotatable bonds is 3. The maximum Gasteiger partial charge on any atom is 0.283 e. The Morgan fingerprint density at radius 2 is 2.05 bits per heavy atom. The predicted molar refractivity (Wildman–Crippen MR) is 86.1 cm³/mol. The van der Waals surface area contributed by atoms with Crippen LogP contribution in [-0.4, -0.2) is 17.1 Å². The number of carbonyl (C=O) groups is 1. The second kappa shape index (κ2) is 6.03. The first-order valence-corrected chi connectivity index (χ1v) is 7.36. The van der Waals surface area contributed by atoms with Gasteiger partial charge in [0.2, 0.25) is 0 Å². The molecule has 0 bridgehead atoms. The Bertz CT molecular complexity index is 814. The van der Waals surface area contributed by atoms with Crippen molar-refractivity contribution in [2.45, 2.75) is 0 Å². The number of nitrogens with zero attached hydrogens (tertiary/aromatic N) is 2. The van der Waals surface area contributed by atoms with Crippen molar-refractivity contribution in [2.24, 2.45) is 5.10 Å². The van der Waals surface area contributed by atoms with Crippen molar-refractivity contribution in [3.63, 3.8) is 0 Å². The maximum absolute atomic E-state index is 12.1. The van der Waals surface area contributed by atoms with Crippen molar-refractivity contribution in [1.29, 1.82) is 0 Å². The topological polar surface area (TPSA) is 54.4 Å². The second-order valence-electron chi connectivity index (χ2n) is 4.20. The fraction of sp³-hybridized carbons (Fsp3) is 0. The molecule has 1 aromatic carbocycles. The smallest absolute Gasteiger partial charge is 0.266 e. The molecule has 0 atom stereocenters. The molecule has 3 aromatic rings. The van der Waals surface area contributed by atoms with Crippen LogP contribution in [0.25, 0.3) is 10.1 Å². The summed E-state index contributed by atoms with van der Waals surface area (Å²) in [6.45, 7) is 0. The highest BCUT2D eigenvalue weighted by molar-refractivity contribution is 7.21. The lowest BCUT2D eigenvalue weighted by atomic mass is 10.2. The largest absolute Gasteiger partial charge is 0.283 e. The van der Waals surface area contributed by atoms with Gasteiger partial charge in [-0.1, -0.05) is 35.9 Å². The molecule has 0 saturated heterocycles. The van der Waals surface area contributed by atoms with E-state index >= 15 is 0 Å². The fourth-order valence-corrected chi connectivity index (χ4v) is 3.23. The van der Waals surface area contributed by atoms with Gasteiger partial charge >= 0.3 is 0 Å². The van der Waals surface area contributed by atoms with E-state index in [-0.39, 0.29) is 5.91 Å². The number of aromatic nitrogens is 1. The van der Waals surface area contributed by atoms with E-state index in [4.69, 9.17) is 11.6 Å². The number of halogens is 1. The van der Waals surface area contributed by atoms with Gasteiger partial charge in [-0.05, 0) is 18.2 Å². The van der Waals surface area contributed by atoms with Gasteiger partial charge in [-0.3, -0.25) is 9.78 Å². The number of benzene rings is 1. The summed E-state index contributed by atoms with van der Waals surface area (Å²) >= 11 is 7.58. The third kappa shape index (κ3) is 2.94. The Hall–Kier alpha value is -2.24. The van der Waals surface area contributed by atoms with Crippen LogP contribution >= 0.6 is 22.9 Å². The molecule has 0 radical (unpaired) electrons. The van der Waals surface area contributed by atoms with Crippen LogP contribution in [0.2, 0.25) is 5.02 Å². The van der Waals surface area contributed by atoms with Gasteiger partial charge in [0.15, 0.2) is 0 Å². The normalized spacial score (nSPS) is 11.1. The molecule has 0 spiro atoms. The van der Waals surface area contributed by atoms with Crippen molar-refractivity contribution < 1.29 is 4.79 Å². The van der Waals surface area contributed by atoms with E-state index in [0.717, 1.165) is 10.1 Å². The van der Waals surface area contributed by atoms with Gasteiger partial charge in [-0.25, -0.2) is 5.43 Å². The molecular weight excluding hydrogens is 306 g/mol. The lowest BCUT2D eigenvalue weighted by Crippen LogP contribution is -2.16. The lowest BCUT2D eigenvalue weighted by molar-refractivity contribution is 0.0959. The first kappa shape index (κ1) is 13.7. The molecule has 2 heterocycles. The molecule has 0 aliphatic heterocycles. The highest BCUT2D eigenvalue weighted by Crippen LogP contribution is 2.34. The summed E-state index contributed by atoms with van der Waals surface area (Å²) in [5.74, 6) is -0.326. The summed E-state index contributed by atoms with van der Waals surface area (Å²) < 4.78 is 0.973. The minimum atomic E-state index is -0.326. The molecule has 0 aliphatic carbocycles. The number of amides is 1. The van der Waals surface area contributed by atoms with Crippen LogP contribution in [0.15, 0.2) is 53.8 Å². The standard InChI is InChI=1S/C15H10ClN3OS/c16-13-11-6-1-2-7-12(11)21-14(13)15(20)19-18-9-10-5-3-4-8-17-10/h1-9H,(H,19,20). The molecule has 3 rings (SSSR count). The summed E-state index contributed by atoms with van der Waals surface area (Å²) in [6, 6.07) is 13.1. The molecule has 2 aromatic heterocycles. The van der Waals surface area contributed by atoms with Crippen molar-refractivity contribution in [1.82, 2.24) is 10.4 Å². The Morgan fingerprint density at radius 3 is 2.81 bits per heavy atom. The average Bonchev–Trinajstić information content (AvgIpc) is 2.86. The first-order chi connectivity index (χ1) is 10.3. The van der Waals surface area contributed by atoms with Gasteiger partial charge in [0, 0.05) is 16.3 Å². The van der Waals surface area contributed by atoms with Crippen LogP contribution in [-0.2, 0) is 0 Å². The number of nitrogens with one attached hydrogen (secondary N) is 1. The molecule has 21 heavy (non-hydrogen) atoms. The van der Waals surface area contributed by atoms with Gasteiger partial charge in [-0.2, -0.15) is 5.10 Å². The summed E-state index contributed by atoms with van der Waals surface area (Å²) in [4.78, 5) is 16.6. The quantitative estimate of drug-likeness (QED) is 0.591. The van der Waals surface area contributed by atoms with E-state index in [1.54, 1.807) is 12.3 Å². The van der Waals surface area contributed by atoms with Crippen LogP contribution in [0.3, 0.4) is 0 Å². The van der Waals surface area contributed by atoms with Crippen LogP contribution in [0, 0.1) is 0 Å². The highest BCUT2D eigenvalue weighted by atomic mass is 35.5. The highest BCUT2D eigenvalue weighted by Gasteiger charge is 2.16. The number of pyridine rings is 1. The Kier molecular flexibility index (Phi) is 3.94. The maximum atomic E-state index is 12.1. The van der Waals surface area contributed by atoms with Crippen molar-refractivity contribution >= 4 is 45.1 Å². The van der Waals surface area contributed by atoms with Crippen molar-refractivity contribution in [3.05, 3.63) is 64.3 Å². The first-order valence-electron chi connectivity index (χ1n) is 6.17. The number of hydrazone groups is 1. The minimum absolute atomic E-state index is 0.326. The fourth-order valence-electron chi connectivity index (χ4n) is 1.82. The minimum Gasteiger partial charge on any atom is -0.266 e. The summed E-state index contributed by atoms with van der Waals surface area (Å²) in [5.41, 5.74) is 3.13. The van der Waals surface area contributed by atoms with E-state index in [9.17, 15) is 4.79 Å². The number of carbonyl (C=O) groups excluding carboxylic acids is 1. The van der Waals surface area contributed by atoms with E-state index in [1.165, 1.54) is 17.6 Å². The van der Waals surface area contributed by atoms with E-state index in [0.29, 0.717) is 15.6 Å². The van der Waals surface area contributed by atoms with Crippen LogP contribution < -0.4 is 5.43 Å². The molecule has 0 aliphatic rings. The Balaban J connectivity index is 1.78. The van der Waals surface area contributed by atoms with E-state index in [2.05, 4.69) is 15.5 Å². The van der Waals surface area contributed by atoms with E-state index in [1.807, 2.05) is 36.4 Å². The number of fused-ring (bicyclic) bond motifs is 1. The zero-order valence-corrected chi connectivity index (χ0v) is 12.4. The molecule has 6 heteroatoms. The lowest BCUT2D eigenvalue weighted by Gasteiger charge is -1.96. The van der Waals surface area contributed by atoms with Gasteiger partial charge < -0.3 is 0 Å². The summed E-state index contributed by atoms with van der Waals surface area (Å²) in [7, 11) is 0. The number of hydrogen-bond acceptors (Lipinski definition) is 4. The average molecular weight is 316 g/mol. The van der Waals surface area contributed by atoms with Crippen molar-refractivity contribution in [2.75, 3.05) is 0 Å². The number of hydrogen-bond donors (Lipinski definition) is 1. The van der Waals surface area contributed by atoms with Crippen LogP contribution in [0.5, 0.6) is 0 Å². The van der Waals surface area contributed by atoms with Gasteiger partial charge in [0.05, 0.1) is 16.9 Å². The third-order valence-corrected chi connectivity index (χ3v) is 4.47. The Labute approximate surface area is 130 Å². The molecule has 0 saturated carbocycles. The molecule has 0 fully saturated rings. The van der Waals surface area contributed by atoms with Gasteiger partial charge in [0.25, 0.3) is 5.91 Å². The van der Waals surface area contributed by atoms with Crippen molar-refractivity contribution in [3.8, 4) is 0 Å². The predicted octanol–water partition coefficient (Wildman–Crippen LogP) is 3.71. The SMILES string of the molecule is O=C(NN=Cc1ccccn1)c1sc2ccccc2c1Cl. The van der Waals surface area contributed by atoms with E-state index < -0.39 is 0 Å². The zero-order valence-electron chi connectivity index (χ0n) is 10.8. The molecule has 104 valence electrons. The third-order valence-electron chi connectivity index (χ3n) is 2.79. The van der Waals surface area contributed by atoms with Crippen LogP contribution in [0.1, 0.15) is 15.4 Å². The molecule has 0 unspecified atom stereocenters.